The van der Waals surface area contributed by atoms with E-state index in [2.05, 4.69) is 16.2 Å². The standard InChI is InChI=1S/C19H19N5O3/c1-10(6-17(25)26)24-12(3)18(11(2)23-24)16-7-14(13-4-5-27-9-13)15(8-20)19(21)22-16/h4-5,7,9-10H,6H2,1-3H3,(H2,21,22)(H,25,26)/t10-/m1/s1. The first-order chi connectivity index (χ1) is 12.8. The van der Waals surface area contributed by atoms with Crippen LogP contribution in [0.1, 0.15) is 36.3 Å². The molecule has 0 aromatic carbocycles. The molecular formula is C19H19N5O3. The summed E-state index contributed by atoms with van der Waals surface area (Å²) in [6.45, 7) is 5.50. The number of carboxylic acid groups (broad SMARTS) is 1. The number of hydrogen-bond acceptors (Lipinski definition) is 6. The van der Waals surface area contributed by atoms with Crippen molar-refractivity contribution in [2.75, 3.05) is 5.73 Å². The lowest BCUT2D eigenvalue weighted by Gasteiger charge is -2.13. The number of anilines is 1. The van der Waals surface area contributed by atoms with E-state index in [4.69, 9.17) is 15.3 Å². The maximum absolute atomic E-state index is 11.0. The van der Waals surface area contributed by atoms with Gasteiger partial charge in [0.15, 0.2) is 0 Å². The van der Waals surface area contributed by atoms with Crippen molar-refractivity contribution in [2.45, 2.75) is 33.2 Å². The Morgan fingerprint density at radius 2 is 2.22 bits per heavy atom. The number of hydrogen-bond donors (Lipinski definition) is 2. The fourth-order valence-electron chi connectivity index (χ4n) is 3.26. The lowest BCUT2D eigenvalue weighted by molar-refractivity contribution is -0.137. The molecule has 3 N–H and O–H groups in total. The van der Waals surface area contributed by atoms with Crippen LogP contribution in [0.2, 0.25) is 0 Å². The van der Waals surface area contributed by atoms with Crippen molar-refractivity contribution >= 4 is 11.8 Å². The van der Waals surface area contributed by atoms with Gasteiger partial charge in [-0.3, -0.25) is 9.48 Å². The summed E-state index contributed by atoms with van der Waals surface area (Å²) in [6.07, 6.45) is 3.02. The van der Waals surface area contributed by atoms with E-state index in [0.717, 1.165) is 16.8 Å². The van der Waals surface area contributed by atoms with Gasteiger partial charge in [-0.05, 0) is 32.9 Å². The fourth-order valence-corrected chi connectivity index (χ4v) is 3.26. The first kappa shape index (κ1) is 18.2. The summed E-state index contributed by atoms with van der Waals surface area (Å²) in [5, 5.41) is 23.0. The lowest BCUT2D eigenvalue weighted by atomic mass is 10.00. The van der Waals surface area contributed by atoms with E-state index >= 15 is 0 Å². The minimum absolute atomic E-state index is 0.0371. The van der Waals surface area contributed by atoms with Gasteiger partial charge in [0.25, 0.3) is 0 Å². The number of nitrogen functional groups attached to an aromatic ring is 1. The van der Waals surface area contributed by atoms with Crippen LogP contribution in [0.25, 0.3) is 22.4 Å². The maximum atomic E-state index is 11.0. The van der Waals surface area contributed by atoms with E-state index in [1.165, 1.54) is 12.5 Å². The van der Waals surface area contributed by atoms with Crippen LogP contribution < -0.4 is 5.73 Å². The average Bonchev–Trinajstić information content (AvgIpc) is 3.22. The molecule has 3 rings (SSSR count). The first-order valence-corrected chi connectivity index (χ1v) is 8.34. The van der Waals surface area contributed by atoms with Crippen LogP contribution in [0.5, 0.6) is 0 Å². The molecule has 3 aromatic rings. The van der Waals surface area contributed by atoms with Crippen LogP contribution >= 0.6 is 0 Å². The quantitative estimate of drug-likeness (QED) is 0.709. The number of nitriles is 1. The van der Waals surface area contributed by atoms with Crippen molar-refractivity contribution in [1.82, 2.24) is 14.8 Å². The highest BCUT2D eigenvalue weighted by Crippen LogP contribution is 2.34. The molecule has 138 valence electrons. The zero-order valence-electron chi connectivity index (χ0n) is 15.2. The Labute approximate surface area is 155 Å². The number of carboxylic acids is 1. The molecule has 3 aromatic heterocycles. The summed E-state index contributed by atoms with van der Waals surface area (Å²) < 4.78 is 6.82. The van der Waals surface area contributed by atoms with Gasteiger partial charge in [-0.2, -0.15) is 10.4 Å². The molecule has 1 atom stereocenters. The van der Waals surface area contributed by atoms with E-state index in [1.54, 1.807) is 23.7 Å². The molecule has 8 heteroatoms. The largest absolute Gasteiger partial charge is 0.481 e. The van der Waals surface area contributed by atoms with E-state index in [9.17, 15) is 10.1 Å². The number of aromatic nitrogens is 3. The van der Waals surface area contributed by atoms with Crippen molar-refractivity contribution in [1.29, 1.82) is 5.26 Å². The number of pyridine rings is 1. The predicted molar refractivity (Wildman–Crippen MR) is 98.7 cm³/mol. The Balaban J connectivity index is 2.17. The summed E-state index contributed by atoms with van der Waals surface area (Å²) in [7, 11) is 0. The van der Waals surface area contributed by atoms with Gasteiger partial charge in [0.2, 0.25) is 0 Å². The van der Waals surface area contributed by atoms with Gasteiger partial charge < -0.3 is 15.3 Å². The summed E-state index contributed by atoms with van der Waals surface area (Å²) in [6, 6.07) is 5.31. The zero-order valence-corrected chi connectivity index (χ0v) is 15.2. The van der Waals surface area contributed by atoms with Crippen molar-refractivity contribution in [3.8, 4) is 28.5 Å². The Hall–Kier alpha value is -3.60. The number of carbonyl (C=O) groups is 1. The number of nitrogens with two attached hydrogens (primary N) is 1. The molecule has 0 aliphatic carbocycles. The molecule has 0 aliphatic rings. The summed E-state index contributed by atoms with van der Waals surface area (Å²) >= 11 is 0. The third kappa shape index (κ3) is 3.27. The maximum Gasteiger partial charge on any atom is 0.305 e. The van der Waals surface area contributed by atoms with Crippen molar-refractivity contribution < 1.29 is 14.3 Å². The smallest absolute Gasteiger partial charge is 0.305 e. The van der Waals surface area contributed by atoms with Crippen LogP contribution in [0.4, 0.5) is 5.82 Å². The normalized spacial score (nSPS) is 11.9. The second-order valence-corrected chi connectivity index (χ2v) is 6.38. The molecule has 0 aliphatic heterocycles. The highest BCUT2D eigenvalue weighted by molar-refractivity contribution is 5.80. The Bertz CT molecular complexity index is 1040. The molecule has 8 nitrogen and oxygen atoms in total. The third-order valence-corrected chi connectivity index (χ3v) is 4.46. The number of nitrogens with zero attached hydrogens (tertiary/aromatic N) is 4. The topological polar surface area (TPSA) is 131 Å². The summed E-state index contributed by atoms with van der Waals surface area (Å²) in [4.78, 5) is 15.4. The van der Waals surface area contributed by atoms with E-state index < -0.39 is 5.97 Å². The van der Waals surface area contributed by atoms with E-state index in [0.29, 0.717) is 17.0 Å². The van der Waals surface area contributed by atoms with Crippen LogP contribution in [-0.2, 0) is 4.79 Å². The third-order valence-electron chi connectivity index (χ3n) is 4.46. The summed E-state index contributed by atoms with van der Waals surface area (Å²) in [5.41, 5.74) is 10.5. The van der Waals surface area contributed by atoms with Gasteiger partial charge in [0.1, 0.15) is 17.5 Å². The van der Waals surface area contributed by atoms with E-state index in [-0.39, 0.29) is 23.8 Å². The fraction of sp³-hybridized carbons (Fsp3) is 0.263. The summed E-state index contributed by atoms with van der Waals surface area (Å²) in [5.74, 6) is -0.768. The predicted octanol–water partition coefficient (Wildman–Crippen LogP) is 3.31. The first-order valence-electron chi connectivity index (χ1n) is 8.34. The highest BCUT2D eigenvalue weighted by Gasteiger charge is 2.22. The average molecular weight is 365 g/mol. The molecule has 3 heterocycles. The Morgan fingerprint density at radius 3 is 2.81 bits per heavy atom. The monoisotopic (exact) mass is 365 g/mol. The molecule has 0 fully saturated rings. The molecule has 0 spiro atoms. The molecule has 27 heavy (non-hydrogen) atoms. The second kappa shape index (κ2) is 6.96. The SMILES string of the molecule is Cc1nn([C@H](C)CC(=O)O)c(C)c1-c1cc(-c2ccoc2)c(C#N)c(N)n1. The molecule has 0 radical (unpaired) electrons. The molecule has 0 saturated carbocycles. The molecule has 0 unspecified atom stereocenters. The van der Waals surface area contributed by atoms with Crippen LogP contribution in [-0.4, -0.2) is 25.8 Å². The van der Waals surface area contributed by atoms with Gasteiger partial charge >= 0.3 is 5.97 Å². The number of aliphatic carboxylic acids is 1. The molecule has 0 saturated heterocycles. The van der Waals surface area contributed by atoms with Crippen LogP contribution in [0.3, 0.4) is 0 Å². The van der Waals surface area contributed by atoms with Crippen molar-refractivity contribution in [3.05, 3.63) is 41.6 Å². The molecular weight excluding hydrogens is 346 g/mol. The van der Waals surface area contributed by atoms with Crippen LogP contribution in [0, 0.1) is 25.2 Å². The van der Waals surface area contributed by atoms with Gasteiger partial charge in [-0.15, -0.1) is 0 Å². The zero-order chi connectivity index (χ0) is 19.7. The van der Waals surface area contributed by atoms with Crippen LogP contribution in [0.15, 0.2) is 29.1 Å². The van der Waals surface area contributed by atoms with E-state index in [1.807, 2.05) is 13.8 Å². The Kier molecular flexibility index (Phi) is 4.69. The van der Waals surface area contributed by atoms with Gasteiger partial charge in [-0.1, -0.05) is 0 Å². The minimum atomic E-state index is -0.889. The Morgan fingerprint density at radius 1 is 1.48 bits per heavy atom. The number of furan rings is 1. The van der Waals surface area contributed by atoms with Gasteiger partial charge in [-0.25, -0.2) is 4.98 Å². The van der Waals surface area contributed by atoms with Gasteiger partial charge in [0, 0.05) is 22.4 Å². The van der Waals surface area contributed by atoms with Crippen molar-refractivity contribution in [2.24, 2.45) is 0 Å². The van der Waals surface area contributed by atoms with Crippen molar-refractivity contribution in [3.63, 3.8) is 0 Å². The van der Waals surface area contributed by atoms with Gasteiger partial charge in [0.05, 0.1) is 36.4 Å². The number of rotatable bonds is 5. The number of aryl methyl sites for hydroxylation is 1. The highest BCUT2D eigenvalue weighted by atomic mass is 16.4. The molecule has 0 bridgehead atoms. The lowest BCUT2D eigenvalue weighted by Crippen LogP contribution is -2.13. The second-order valence-electron chi connectivity index (χ2n) is 6.38. The molecule has 0 amide bonds. The minimum Gasteiger partial charge on any atom is -0.481 e.